The predicted molar refractivity (Wildman–Crippen MR) is 103 cm³/mol. The molecule has 0 saturated carbocycles. The van der Waals surface area contributed by atoms with Crippen LogP contribution < -0.4 is 21.2 Å². The summed E-state index contributed by atoms with van der Waals surface area (Å²) in [5, 5.41) is 6.00. The molecule has 7 heteroatoms. The summed E-state index contributed by atoms with van der Waals surface area (Å²) < 4.78 is 19.4. The number of nitrogens with one attached hydrogen (secondary N) is 2. The molecule has 2 N–H and O–H groups in total. The summed E-state index contributed by atoms with van der Waals surface area (Å²) >= 11 is 0. The molecule has 2 heterocycles. The highest BCUT2D eigenvalue weighted by Gasteiger charge is 2.16. The smallest absolute Gasteiger partial charge is 0.336 e. The van der Waals surface area contributed by atoms with Gasteiger partial charge in [0.2, 0.25) is 0 Å². The van der Waals surface area contributed by atoms with Crippen molar-refractivity contribution in [2.45, 2.75) is 12.8 Å². The van der Waals surface area contributed by atoms with Crippen LogP contribution in [-0.4, -0.2) is 19.1 Å². The zero-order chi connectivity index (χ0) is 18.8. The second kappa shape index (κ2) is 7.11. The van der Waals surface area contributed by atoms with Gasteiger partial charge in [0.15, 0.2) is 0 Å². The Kier molecular flexibility index (Phi) is 4.50. The zero-order valence-corrected chi connectivity index (χ0v) is 14.5. The third kappa shape index (κ3) is 3.76. The molecule has 1 aliphatic rings. The number of nitrogens with zero attached hydrogens (tertiary/aromatic N) is 1. The quantitative estimate of drug-likeness (QED) is 0.681. The second-order valence-electron chi connectivity index (χ2n) is 6.45. The maximum atomic E-state index is 14.3. The van der Waals surface area contributed by atoms with Crippen molar-refractivity contribution < 1.29 is 13.6 Å². The Bertz CT molecular complexity index is 1060. The van der Waals surface area contributed by atoms with Crippen LogP contribution in [0.3, 0.4) is 0 Å². The minimum atomic E-state index is -0.486. The number of urea groups is 1. The first kappa shape index (κ1) is 17.1. The summed E-state index contributed by atoms with van der Waals surface area (Å²) in [6, 6.07) is 12.1. The number of amides is 2. The Balaban J connectivity index is 1.45. The van der Waals surface area contributed by atoms with Crippen LogP contribution >= 0.6 is 0 Å². The minimum absolute atomic E-state index is 0.351. The first-order chi connectivity index (χ1) is 13.1. The van der Waals surface area contributed by atoms with Gasteiger partial charge in [0.05, 0.1) is 5.69 Å². The summed E-state index contributed by atoms with van der Waals surface area (Å²) in [4.78, 5) is 25.4. The maximum Gasteiger partial charge on any atom is 0.336 e. The van der Waals surface area contributed by atoms with E-state index in [4.69, 9.17) is 4.42 Å². The molecule has 1 saturated heterocycles. The standard InChI is InChI=1S/C20H18FN3O3/c21-16-12-15(4-6-17(16)24-9-1-2-10-24)23-20(26)22-14-5-7-18-13(11-14)3-8-19(25)27-18/h3-8,11-12H,1-2,9-10H2,(H2,22,23,26). The lowest BCUT2D eigenvalue weighted by Crippen LogP contribution is -2.21. The topological polar surface area (TPSA) is 74.6 Å². The van der Waals surface area contributed by atoms with E-state index in [-0.39, 0.29) is 5.82 Å². The van der Waals surface area contributed by atoms with E-state index < -0.39 is 11.7 Å². The van der Waals surface area contributed by atoms with Crippen molar-refractivity contribution in [3.8, 4) is 0 Å². The van der Waals surface area contributed by atoms with Crippen LogP contribution in [0.1, 0.15) is 12.8 Å². The van der Waals surface area contributed by atoms with Gasteiger partial charge in [0.25, 0.3) is 0 Å². The van der Waals surface area contributed by atoms with Crippen LogP contribution in [-0.2, 0) is 0 Å². The molecule has 1 aliphatic heterocycles. The van der Waals surface area contributed by atoms with Gasteiger partial charge in [-0.2, -0.15) is 0 Å². The van der Waals surface area contributed by atoms with Crippen molar-refractivity contribution in [3.05, 3.63) is 64.8 Å². The summed E-state index contributed by atoms with van der Waals surface area (Å²) in [5.74, 6) is -0.351. The van der Waals surface area contributed by atoms with Crippen LogP contribution in [0, 0.1) is 5.82 Å². The number of hydrogen-bond acceptors (Lipinski definition) is 4. The van der Waals surface area contributed by atoms with Gasteiger partial charge in [-0.1, -0.05) is 0 Å². The molecule has 0 aliphatic carbocycles. The molecule has 2 aromatic carbocycles. The van der Waals surface area contributed by atoms with Gasteiger partial charge < -0.3 is 20.0 Å². The van der Waals surface area contributed by atoms with Gasteiger partial charge >= 0.3 is 11.7 Å². The maximum absolute atomic E-state index is 14.3. The van der Waals surface area contributed by atoms with Gasteiger partial charge in [-0.15, -0.1) is 0 Å². The lowest BCUT2D eigenvalue weighted by Gasteiger charge is -2.19. The average Bonchev–Trinajstić information content (AvgIpc) is 3.16. The first-order valence-electron chi connectivity index (χ1n) is 8.75. The van der Waals surface area contributed by atoms with Crippen molar-refractivity contribution >= 4 is 34.1 Å². The highest BCUT2D eigenvalue weighted by Crippen LogP contribution is 2.26. The molecule has 138 valence electrons. The SMILES string of the molecule is O=C(Nc1ccc(N2CCCC2)c(F)c1)Nc1ccc2oc(=O)ccc2c1. The molecule has 0 bridgehead atoms. The van der Waals surface area contributed by atoms with E-state index in [9.17, 15) is 14.0 Å². The molecule has 0 unspecified atom stereocenters. The Morgan fingerprint density at radius 3 is 2.41 bits per heavy atom. The van der Waals surface area contributed by atoms with Crippen molar-refractivity contribution in [3.63, 3.8) is 0 Å². The number of halogens is 1. The molecule has 1 aromatic heterocycles. The molecule has 3 aromatic rings. The fourth-order valence-corrected chi connectivity index (χ4v) is 3.24. The molecule has 2 amide bonds. The highest BCUT2D eigenvalue weighted by molar-refractivity contribution is 6.00. The van der Waals surface area contributed by atoms with E-state index in [1.807, 2.05) is 4.90 Å². The van der Waals surface area contributed by atoms with E-state index in [0.29, 0.717) is 28.0 Å². The lowest BCUT2D eigenvalue weighted by molar-refractivity contribution is 0.262. The van der Waals surface area contributed by atoms with Crippen LogP contribution in [0.5, 0.6) is 0 Å². The summed E-state index contributed by atoms with van der Waals surface area (Å²) in [6.07, 6.45) is 2.13. The Morgan fingerprint density at radius 2 is 1.67 bits per heavy atom. The molecular weight excluding hydrogens is 349 g/mol. The normalized spacial score (nSPS) is 13.7. The number of anilines is 3. The lowest BCUT2D eigenvalue weighted by atomic mass is 10.2. The van der Waals surface area contributed by atoms with Gasteiger partial charge in [-0.3, -0.25) is 0 Å². The number of fused-ring (bicyclic) bond motifs is 1. The molecule has 6 nitrogen and oxygen atoms in total. The summed E-state index contributed by atoms with van der Waals surface area (Å²) in [7, 11) is 0. The molecule has 27 heavy (non-hydrogen) atoms. The Labute approximate surface area is 154 Å². The zero-order valence-electron chi connectivity index (χ0n) is 14.5. The van der Waals surface area contributed by atoms with Crippen LogP contribution in [0.15, 0.2) is 57.7 Å². The largest absolute Gasteiger partial charge is 0.423 e. The minimum Gasteiger partial charge on any atom is -0.423 e. The number of carbonyl (C=O) groups excluding carboxylic acids is 1. The molecule has 0 spiro atoms. The van der Waals surface area contributed by atoms with E-state index >= 15 is 0 Å². The third-order valence-electron chi connectivity index (χ3n) is 4.53. The molecule has 4 rings (SSSR count). The van der Waals surface area contributed by atoms with Gasteiger partial charge in [0, 0.05) is 35.9 Å². The highest BCUT2D eigenvalue weighted by atomic mass is 19.1. The molecular formula is C20H18FN3O3. The van der Waals surface area contributed by atoms with Crippen LogP contribution in [0.4, 0.5) is 26.2 Å². The first-order valence-corrected chi connectivity index (χ1v) is 8.75. The third-order valence-corrected chi connectivity index (χ3v) is 4.53. The monoisotopic (exact) mass is 367 g/mol. The van der Waals surface area contributed by atoms with Gasteiger partial charge in [-0.05, 0) is 55.3 Å². The van der Waals surface area contributed by atoms with Crippen molar-refractivity contribution in [2.75, 3.05) is 28.6 Å². The van der Waals surface area contributed by atoms with Crippen LogP contribution in [0.25, 0.3) is 11.0 Å². The van der Waals surface area contributed by atoms with E-state index in [1.165, 1.54) is 12.1 Å². The Morgan fingerprint density at radius 1 is 0.963 bits per heavy atom. The fraction of sp³-hybridized carbons (Fsp3) is 0.200. The van der Waals surface area contributed by atoms with Crippen molar-refractivity contribution in [1.29, 1.82) is 0 Å². The predicted octanol–water partition coefficient (Wildman–Crippen LogP) is 4.18. The summed E-state index contributed by atoms with van der Waals surface area (Å²) in [6.45, 7) is 1.71. The number of carbonyl (C=O) groups is 1. The second-order valence-corrected chi connectivity index (χ2v) is 6.45. The van der Waals surface area contributed by atoms with Crippen LogP contribution in [0.2, 0.25) is 0 Å². The van der Waals surface area contributed by atoms with Crippen molar-refractivity contribution in [2.24, 2.45) is 0 Å². The fourth-order valence-electron chi connectivity index (χ4n) is 3.24. The van der Waals surface area contributed by atoms with Crippen molar-refractivity contribution in [1.82, 2.24) is 0 Å². The number of hydrogen-bond donors (Lipinski definition) is 2. The number of benzene rings is 2. The summed E-state index contributed by atoms with van der Waals surface area (Å²) in [5.41, 5.74) is 1.48. The van der Waals surface area contributed by atoms with Gasteiger partial charge in [0.1, 0.15) is 11.4 Å². The molecule has 0 atom stereocenters. The average molecular weight is 367 g/mol. The van der Waals surface area contributed by atoms with E-state index in [0.717, 1.165) is 25.9 Å². The number of rotatable bonds is 3. The Hall–Kier alpha value is -3.35. The van der Waals surface area contributed by atoms with E-state index in [2.05, 4.69) is 10.6 Å². The molecule has 0 radical (unpaired) electrons. The van der Waals surface area contributed by atoms with E-state index in [1.54, 1.807) is 36.4 Å². The molecule has 1 fully saturated rings. The van der Waals surface area contributed by atoms with Gasteiger partial charge in [-0.25, -0.2) is 14.0 Å².